The van der Waals surface area contributed by atoms with E-state index in [1.807, 2.05) is 6.92 Å². The average Bonchev–Trinajstić information content (AvgIpc) is 2.49. The van der Waals surface area contributed by atoms with Crippen LogP contribution in [-0.4, -0.2) is 45.9 Å². The van der Waals surface area contributed by atoms with Crippen molar-refractivity contribution in [2.24, 2.45) is 5.73 Å². The van der Waals surface area contributed by atoms with Crippen LogP contribution in [0.2, 0.25) is 0 Å². The van der Waals surface area contributed by atoms with Crippen LogP contribution in [0.15, 0.2) is 0 Å². The molecular formula is C15H26N2O6. The van der Waals surface area contributed by atoms with E-state index < -0.39 is 29.9 Å². The molecule has 0 aromatic heterocycles. The highest BCUT2D eigenvalue weighted by Crippen LogP contribution is 2.07. The third kappa shape index (κ3) is 10.4. The first-order chi connectivity index (χ1) is 10.8. The third-order valence-corrected chi connectivity index (χ3v) is 3.39. The van der Waals surface area contributed by atoms with Crippen molar-refractivity contribution in [1.29, 1.82) is 0 Å². The molecule has 0 fully saturated rings. The predicted molar refractivity (Wildman–Crippen MR) is 82.8 cm³/mol. The lowest BCUT2D eigenvalue weighted by Gasteiger charge is -2.15. The molecule has 0 saturated carbocycles. The maximum atomic E-state index is 11.6. The van der Waals surface area contributed by atoms with Gasteiger partial charge in [0.1, 0.15) is 17.9 Å². The number of hydrogen-bond acceptors (Lipinski definition) is 5. The van der Waals surface area contributed by atoms with Crippen LogP contribution in [0, 0.1) is 0 Å². The number of carboxylic acid groups (broad SMARTS) is 2. The number of Topliss-reactive ketones (excluding diaryl/α,β-unsaturated/α-hetero) is 1. The Morgan fingerprint density at radius 2 is 1.57 bits per heavy atom. The number of carboxylic acids is 2. The van der Waals surface area contributed by atoms with E-state index >= 15 is 0 Å². The van der Waals surface area contributed by atoms with E-state index in [1.165, 1.54) is 0 Å². The van der Waals surface area contributed by atoms with Crippen LogP contribution in [-0.2, 0) is 19.2 Å². The predicted octanol–water partition coefficient (Wildman–Crippen LogP) is 0.678. The Balaban J connectivity index is 4.16. The van der Waals surface area contributed by atoms with E-state index in [0.717, 1.165) is 12.8 Å². The maximum absolute atomic E-state index is 11.6. The summed E-state index contributed by atoms with van der Waals surface area (Å²) in [7, 11) is 0. The Hall–Kier alpha value is -1.96. The highest BCUT2D eigenvalue weighted by molar-refractivity contribution is 5.84. The lowest BCUT2D eigenvalue weighted by Crippen LogP contribution is -2.41. The lowest BCUT2D eigenvalue weighted by molar-refractivity contribution is -0.142. The molecule has 132 valence electrons. The molecule has 2 atom stereocenters. The molecular weight excluding hydrogens is 304 g/mol. The summed E-state index contributed by atoms with van der Waals surface area (Å²) in [5.74, 6) is -2.86. The Kier molecular flexibility index (Phi) is 10.6. The van der Waals surface area contributed by atoms with Crippen molar-refractivity contribution >= 4 is 23.6 Å². The van der Waals surface area contributed by atoms with E-state index in [2.05, 4.69) is 5.32 Å². The fourth-order valence-corrected chi connectivity index (χ4v) is 1.94. The first-order valence-corrected chi connectivity index (χ1v) is 7.80. The highest BCUT2D eigenvalue weighted by Gasteiger charge is 2.21. The van der Waals surface area contributed by atoms with Crippen molar-refractivity contribution in [3.63, 3.8) is 0 Å². The molecule has 0 heterocycles. The van der Waals surface area contributed by atoms with Crippen LogP contribution in [0.25, 0.3) is 0 Å². The molecule has 0 radical (unpaired) electrons. The summed E-state index contributed by atoms with van der Waals surface area (Å²) in [5, 5.41) is 20.0. The van der Waals surface area contributed by atoms with E-state index in [0.29, 0.717) is 19.3 Å². The van der Waals surface area contributed by atoms with Gasteiger partial charge in [0.25, 0.3) is 0 Å². The average molecular weight is 330 g/mol. The van der Waals surface area contributed by atoms with Gasteiger partial charge in [-0.15, -0.1) is 0 Å². The first-order valence-electron chi connectivity index (χ1n) is 7.80. The van der Waals surface area contributed by atoms with E-state index in [9.17, 15) is 19.2 Å². The number of amides is 1. The number of nitrogens with two attached hydrogens (primary N) is 1. The van der Waals surface area contributed by atoms with Crippen LogP contribution in [0.3, 0.4) is 0 Å². The van der Waals surface area contributed by atoms with Crippen molar-refractivity contribution in [1.82, 2.24) is 5.32 Å². The van der Waals surface area contributed by atoms with Gasteiger partial charge in [-0.3, -0.25) is 14.4 Å². The standard InChI is InChI=1S/C15H26N2O6/c1-2-3-5-10(18)6-4-7-12(15(22)23)17-13(19)9-8-11(16)14(20)21/h11-12H,2-9,16H2,1H3,(H,17,19)(H,20,21)(H,22,23). The second-order valence-corrected chi connectivity index (χ2v) is 5.48. The van der Waals surface area contributed by atoms with Gasteiger partial charge in [-0.2, -0.15) is 0 Å². The number of rotatable bonds is 13. The molecule has 0 aromatic rings. The van der Waals surface area contributed by atoms with Gasteiger partial charge in [0.05, 0.1) is 0 Å². The van der Waals surface area contributed by atoms with Gasteiger partial charge in [-0.1, -0.05) is 13.3 Å². The largest absolute Gasteiger partial charge is 0.480 e. The van der Waals surface area contributed by atoms with Gasteiger partial charge in [0, 0.05) is 19.3 Å². The molecule has 0 aliphatic carbocycles. The Labute approximate surface area is 135 Å². The molecule has 0 aliphatic rings. The van der Waals surface area contributed by atoms with Crippen molar-refractivity contribution in [2.75, 3.05) is 0 Å². The first kappa shape index (κ1) is 21.0. The Bertz CT molecular complexity index is 424. The summed E-state index contributed by atoms with van der Waals surface area (Å²) in [6.45, 7) is 1.99. The smallest absolute Gasteiger partial charge is 0.326 e. The number of carbonyl (C=O) groups excluding carboxylic acids is 2. The molecule has 1 amide bonds. The van der Waals surface area contributed by atoms with Crippen molar-refractivity contribution in [3.8, 4) is 0 Å². The zero-order valence-electron chi connectivity index (χ0n) is 13.4. The SMILES string of the molecule is CCCCC(=O)CCCC(NC(=O)CCC(N)C(=O)O)C(=O)O. The zero-order valence-corrected chi connectivity index (χ0v) is 13.4. The molecule has 0 spiro atoms. The zero-order chi connectivity index (χ0) is 17.8. The summed E-state index contributed by atoms with van der Waals surface area (Å²) >= 11 is 0. The summed E-state index contributed by atoms with van der Waals surface area (Å²) in [6.07, 6.45) is 2.85. The minimum Gasteiger partial charge on any atom is -0.480 e. The minimum absolute atomic E-state index is 0.0665. The number of nitrogens with one attached hydrogen (secondary N) is 1. The van der Waals surface area contributed by atoms with Crippen LogP contribution in [0.4, 0.5) is 0 Å². The summed E-state index contributed by atoms with van der Waals surface area (Å²) < 4.78 is 0. The number of hydrogen-bond donors (Lipinski definition) is 4. The normalized spacial score (nSPS) is 13.1. The van der Waals surface area contributed by atoms with Gasteiger partial charge in [-0.05, 0) is 25.7 Å². The van der Waals surface area contributed by atoms with E-state index in [-0.39, 0.29) is 25.0 Å². The maximum Gasteiger partial charge on any atom is 0.326 e. The number of aliphatic carboxylic acids is 2. The topological polar surface area (TPSA) is 147 Å². The van der Waals surface area contributed by atoms with Gasteiger partial charge < -0.3 is 21.3 Å². The minimum atomic E-state index is -1.21. The van der Waals surface area contributed by atoms with E-state index in [1.54, 1.807) is 0 Å². The van der Waals surface area contributed by atoms with Gasteiger partial charge in [0.2, 0.25) is 5.91 Å². The molecule has 0 rings (SSSR count). The van der Waals surface area contributed by atoms with Crippen molar-refractivity contribution in [2.45, 2.75) is 70.4 Å². The van der Waals surface area contributed by atoms with Crippen molar-refractivity contribution < 1.29 is 29.4 Å². The van der Waals surface area contributed by atoms with Crippen LogP contribution >= 0.6 is 0 Å². The summed E-state index contributed by atoms with van der Waals surface area (Å²) in [4.78, 5) is 44.8. The van der Waals surface area contributed by atoms with Crippen LogP contribution in [0.1, 0.15) is 58.3 Å². The monoisotopic (exact) mass is 330 g/mol. The second-order valence-electron chi connectivity index (χ2n) is 5.48. The Morgan fingerprint density at radius 1 is 0.957 bits per heavy atom. The fraction of sp³-hybridized carbons (Fsp3) is 0.733. The molecule has 8 nitrogen and oxygen atoms in total. The van der Waals surface area contributed by atoms with Crippen molar-refractivity contribution in [3.05, 3.63) is 0 Å². The Morgan fingerprint density at radius 3 is 2.09 bits per heavy atom. The third-order valence-electron chi connectivity index (χ3n) is 3.39. The molecule has 23 heavy (non-hydrogen) atoms. The summed E-state index contributed by atoms with van der Waals surface area (Å²) in [6, 6.07) is -2.23. The molecule has 0 saturated heterocycles. The van der Waals surface area contributed by atoms with Crippen LogP contribution in [0.5, 0.6) is 0 Å². The lowest BCUT2D eigenvalue weighted by atomic mass is 10.0. The van der Waals surface area contributed by atoms with Gasteiger partial charge in [-0.25, -0.2) is 4.79 Å². The molecule has 2 unspecified atom stereocenters. The van der Waals surface area contributed by atoms with Crippen LogP contribution < -0.4 is 11.1 Å². The fourth-order valence-electron chi connectivity index (χ4n) is 1.94. The number of ketones is 1. The van der Waals surface area contributed by atoms with Gasteiger partial charge in [0.15, 0.2) is 0 Å². The highest BCUT2D eigenvalue weighted by atomic mass is 16.4. The molecule has 8 heteroatoms. The molecule has 0 aliphatic heterocycles. The molecule has 0 bridgehead atoms. The quantitative estimate of drug-likeness (QED) is 0.388. The van der Waals surface area contributed by atoms with E-state index in [4.69, 9.17) is 15.9 Å². The molecule has 5 N–H and O–H groups in total. The molecule has 0 aromatic carbocycles. The number of unbranched alkanes of at least 4 members (excludes halogenated alkanes) is 1. The summed E-state index contributed by atoms with van der Waals surface area (Å²) in [5.41, 5.74) is 5.28. The second kappa shape index (κ2) is 11.6. The van der Waals surface area contributed by atoms with Gasteiger partial charge >= 0.3 is 11.9 Å². The number of carbonyl (C=O) groups is 4.